The molecule has 2 nitrogen and oxygen atoms in total. The van der Waals surface area contributed by atoms with Gasteiger partial charge in [-0.3, -0.25) is 4.90 Å². The Hall–Kier alpha value is -6.77. The molecule has 240 valence electrons. The van der Waals surface area contributed by atoms with Crippen LogP contribution in [0.4, 0.5) is 17.2 Å². The lowest BCUT2D eigenvalue weighted by molar-refractivity contribution is 1.18. The highest BCUT2D eigenvalue weighted by Crippen LogP contribution is 2.45. The van der Waals surface area contributed by atoms with Crippen LogP contribution in [0.1, 0.15) is 0 Å². The Kier molecular flexibility index (Phi) is 7.88. The number of para-hydroxylation sites is 1. The number of hydrogen-bond acceptors (Lipinski definition) is 2. The molecule has 51 heavy (non-hydrogen) atoms. The Morgan fingerprint density at radius 1 is 0.314 bits per heavy atom. The molecule has 0 saturated heterocycles. The Morgan fingerprint density at radius 2 is 0.745 bits per heavy atom. The SMILES string of the molecule is c1ccc(-c2ccc(-c3c4ccccc4c(-c4ccc(N(c5ccccn5)c5ccccc5-c5ccccc5)cc4)c4ccccc34)cc2)cc1. The van der Waals surface area contributed by atoms with Gasteiger partial charge in [0, 0.05) is 17.4 Å². The number of hydrogen-bond donors (Lipinski definition) is 0. The molecule has 0 atom stereocenters. The number of fused-ring (bicyclic) bond motifs is 2. The van der Waals surface area contributed by atoms with Crippen molar-refractivity contribution in [3.8, 4) is 44.5 Å². The molecule has 0 radical (unpaired) electrons. The van der Waals surface area contributed by atoms with E-state index in [9.17, 15) is 0 Å². The van der Waals surface area contributed by atoms with Gasteiger partial charge in [0.2, 0.25) is 0 Å². The first kappa shape index (κ1) is 30.3. The Bertz CT molecular complexity index is 2540. The van der Waals surface area contributed by atoms with Crippen molar-refractivity contribution in [2.24, 2.45) is 0 Å². The maximum atomic E-state index is 4.82. The van der Waals surface area contributed by atoms with Gasteiger partial charge in [-0.15, -0.1) is 0 Å². The van der Waals surface area contributed by atoms with E-state index in [1.165, 1.54) is 60.5 Å². The summed E-state index contributed by atoms with van der Waals surface area (Å²) in [5.41, 5.74) is 11.8. The molecule has 0 fully saturated rings. The highest BCUT2D eigenvalue weighted by Gasteiger charge is 2.20. The summed E-state index contributed by atoms with van der Waals surface area (Å²) in [6, 6.07) is 71.5. The maximum Gasteiger partial charge on any atom is 0.137 e. The van der Waals surface area contributed by atoms with Gasteiger partial charge in [-0.1, -0.05) is 170 Å². The van der Waals surface area contributed by atoms with Crippen molar-refractivity contribution in [2.75, 3.05) is 4.90 Å². The topological polar surface area (TPSA) is 16.1 Å². The zero-order valence-electron chi connectivity index (χ0n) is 28.0. The van der Waals surface area contributed by atoms with Gasteiger partial charge in [0.15, 0.2) is 0 Å². The van der Waals surface area contributed by atoms with Crippen LogP contribution in [0.3, 0.4) is 0 Å². The van der Waals surface area contributed by atoms with E-state index in [0.717, 1.165) is 22.8 Å². The van der Waals surface area contributed by atoms with Crippen molar-refractivity contribution < 1.29 is 0 Å². The van der Waals surface area contributed by atoms with E-state index >= 15 is 0 Å². The predicted molar refractivity (Wildman–Crippen MR) is 216 cm³/mol. The van der Waals surface area contributed by atoms with Crippen LogP contribution in [0.25, 0.3) is 66.1 Å². The molecule has 9 aromatic rings. The van der Waals surface area contributed by atoms with Gasteiger partial charge >= 0.3 is 0 Å². The maximum absolute atomic E-state index is 4.82. The standard InChI is InChI=1S/C49H34N2/c1-3-15-35(16-4-1)36-26-28-38(29-27-36)48-42-20-7-9-22-44(42)49(45-23-10-8-21-43(45)48)39-30-32-40(33-31-39)51(47-25-13-14-34-50-47)46-24-12-11-19-41(46)37-17-5-2-6-18-37/h1-34H. The summed E-state index contributed by atoms with van der Waals surface area (Å²) in [5, 5.41) is 4.97. The first-order valence-electron chi connectivity index (χ1n) is 17.4. The first-order valence-corrected chi connectivity index (χ1v) is 17.4. The van der Waals surface area contributed by atoms with Crippen LogP contribution in [-0.4, -0.2) is 4.98 Å². The van der Waals surface area contributed by atoms with Crippen LogP contribution in [0.2, 0.25) is 0 Å². The van der Waals surface area contributed by atoms with E-state index in [-0.39, 0.29) is 0 Å². The van der Waals surface area contributed by atoms with Gasteiger partial charge in [0.05, 0.1) is 5.69 Å². The van der Waals surface area contributed by atoms with Crippen molar-refractivity contribution >= 4 is 38.7 Å². The largest absolute Gasteiger partial charge is 0.294 e. The molecule has 0 aliphatic carbocycles. The lowest BCUT2D eigenvalue weighted by atomic mass is 9.85. The molecule has 0 aliphatic rings. The highest BCUT2D eigenvalue weighted by atomic mass is 15.2. The molecule has 0 saturated carbocycles. The van der Waals surface area contributed by atoms with E-state index in [0.29, 0.717) is 0 Å². The minimum absolute atomic E-state index is 0.868. The molecule has 0 amide bonds. The minimum atomic E-state index is 0.868. The van der Waals surface area contributed by atoms with E-state index in [1.54, 1.807) is 0 Å². The second-order valence-electron chi connectivity index (χ2n) is 12.7. The molecule has 0 spiro atoms. The van der Waals surface area contributed by atoms with Crippen LogP contribution in [0.5, 0.6) is 0 Å². The smallest absolute Gasteiger partial charge is 0.137 e. The van der Waals surface area contributed by atoms with Crippen molar-refractivity contribution in [1.29, 1.82) is 0 Å². The lowest BCUT2D eigenvalue weighted by Crippen LogP contribution is -2.12. The van der Waals surface area contributed by atoms with Crippen LogP contribution >= 0.6 is 0 Å². The lowest BCUT2D eigenvalue weighted by Gasteiger charge is -2.27. The molecular formula is C49H34N2. The summed E-state index contributed by atoms with van der Waals surface area (Å²) in [4.78, 5) is 7.07. The summed E-state index contributed by atoms with van der Waals surface area (Å²) >= 11 is 0. The fraction of sp³-hybridized carbons (Fsp3) is 0. The van der Waals surface area contributed by atoms with E-state index in [2.05, 4.69) is 193 Å². The van der Waals surface area contributed by atoms with Crippen LogP contribution in [0.15, 0.2) is 206 Å². The fourth-order valence-electron chi connectivity index (χ4n) is 7.40. The second-order valence-corrected chi connectivity index (χ2v) is 12.7. The van der Waals surface area contributed by atoms with Crippen LogP contribution in [-0.2, 0) is 0 Å². The monoisotopic (exact) mass is 650 g/mol. The number of aromatic nitrogens is 1. The molecule has 2 heteroatoms. The highest BCUT2D eigenvalue weighted by molar-refractivity contribution is 6.21. The molecule has 0 aliphatic heterocycles. The zero-order chi connectivity index (χ0) is 34.0. The Labute approximate surface area is 298 Å². The minimum Gasteiger partial charge on any atom is -0.294 e. The Morgan fingerprint density at radius 3 is 1.29 bits per heavy atom. The molecule has 0 unspecified atom stereocenters. The molecule has 0 N–H and O–H groups in total. The molecule has 0 bridgehead atoms. The third-order valence-electron chi connectivity index (χ3n) is 9.73. The molecule has 1 aromatic heterocycles. The summed E-state index contributed by atoms with van der Waals surface area (Å²) < 4.78 is 0. The van der Waals surface area contributed by atoms with Gasteiger partial charge in [-0.05, 0) is 90.8 Å². The van der Waals surface area contributed by atoms with Crippen LogP contribution < -0.4 is 4.90 Å². The van der Waals surface area contributed by atoms with Gasteiger partial charge in [-0.2, -0.15) is 0 Å². The van der Waals surface area contributed by atoms with Gasteiger partial charge in [-0.25, -0.2) is 4.98 Å². The third-order valence-corrected chi connectivity index (χ3v) is 9.73. The van der Waals surface area contributed by atoms with Crippen molar-refractivity contribution in [2.45, 2.75) is 0 Å². The van der Waals surface area contributed by atoms with Gasteiger partial charge in [0.1, 0.15) is 5.82 Å². The fourth-order valence-corrected chi connectivity index (χ4v) is 7.40. The molecular weight excluding hydrogens is 617 g/mol. The van der Waals surface area contributed by atoms with Gasteiger partial charge < -0.3 is 0 Å². The van der Waals surface area contributed by atoms with Crippen molar-refractivity contribution in [1.82, 2.24) is 4.98 Å². The van der Waals surface area contributed by atoms with E-state index < -0.39 is 0 Å². The normalized spacial score (nSPS) is 11.1. The molecule has 9 rings (SSSR count). The molecule has 8 aromatic carbocycles. The third kappa shape index (κ3) is 5.63. The van der Waals surface area contributed by atoms with Gasteiger partial charge in [0.25, 0.3) is 0 Å². The summed E-state index contributed by atoms with van der Waals surface area (Å²) in [7, 11) is 0. The summed E-state index contributed by atoms with van der Waals surface area (Å²) in [5.74, 6) is 0.868. The number of benzene rings is 8. The van der Waals surface area contributed by atoms with E-state index in [4.69, 9.17) is 4.98 Å². The van der Waals surface area contributed by atoms with E-state index in [1.807, 2.05) is 18.3 Å². The average Bonchev–Trinajstić information content (AvgIpc) is 3.22. The first-order chi connectivity index (χ1) is 25.3. The van der Waals surface area contributed by atoms with Crippen molar-refractivity contribution in [3.05, 3.63) is 206 Å². The predicted octanol–water partition coefficient (Wildman–Crippen LogP) is 13.5. The summed E-state index contributed by atoms with van der Waals surface area (Å²) in [6.45, 7) is 0. The molecule has 1 heterocycles. The number of pyridine rings is 1. The Balaban J connectivity index is 1.19. The van der Waals surface area contributed by atoms with Crippen LogP contribution in [0, 0.1) is 0 Å². The second kappa shape index (κ2) is 13.3. The average molecular weight is 651 g/mol. The number of rotatable bonds is 7. The number of nitrogens with zero attached hydrogens (tertiary/aromatic N) is 2. The van der Waals surface area contributed by atoms with Crippen molar-refractivity contribution in [3.63, 3.8) is 0 Å². The number of anilines is 3. The quantitative estimate of drug-likeness (QED) is 0.160. The summed E-state index contributed by atoms with van der Waals surface area (Å²) in [6.07, 6.45) is 1.86. The zero-order valence-corrected chi connectivity index (χ0v) is 28.0.